The molecule has 1 aliphatic rings. The molecule has 1 atom stereocenters. The predicted octanol–water partition coefficient (Wildman–Crippen LogP) is 3.84. The van der Waals surface area contributed by atoms with E-state index in [0.717, 1.165) is 24.0 Å². The Labute approximate surface area is 188 Å². The van der Waals surface area contributed by atoms with Crippen LogP contribution in [0.25, 0.3) is 0 Å². The zero-order chi connectivity index (χ0) is 23.1. The first-order valence-electron chi connectivity index (χ1n) is 10.6. The van der Waals surface area contributed by atoms with Gasteiger partial charge in [-0.05, 0) is 61.1 Å². The van der Waals surface area contributed by atoms with Crippen molar-refractivity contribution in [1.29, 1.82) is 0 Å². The van der Waals surface area contributed by atoms with Crippen LogP contribution in [0, 0.1) is 11.7 Å². The SMILES string of the molecule is CN=C(NCc1ccc(OC)c(C(=O)OC)c1)NC(C)c1ccc(OCC2CC2)c(F)c1. The van der Waals surface area contributed by atoms with E-state index in [9.17, 15) is 9.18 Å². The van der Waals surface area contributed by atoms with Crippen LogP contribution in [0.4, 0.5) is 4.39 Å². The highest BCUT2D eigenvalue weighted by Gasteiger charge is 2.22. The van der Waals surface area contributed by atoms with Crippen molar-refractivity contribution in [2.75, 3.05) is 27.9 Å². The lowest BCUT2D eigenvalue weighted by molar-refractivity contribution is 0.0597. The molecule has 0 heterocycles. The van der Waals surface area contributed by atoms with Crippen LogP contribution in [0.15, 0.2) is 41.4 Å². The number of esters is 1. The Morgan fingerprint density at radius 1 is 1.19 bits per heavy atom. The number of nitrogens with zero attached hydrogens (tertiary/aromatic N) is 1. The van der Waals surface area contributed by atoms with E-state index in [1.165, 1.54) is 20.3 Å². The van der Waals surface area contributed by atoms with Gasteiger partial charge in [-0.1, -0.05) is 12.1 Å². The number of methoxy groups -OCH3 is 2. The molecule has 2 aromatic rings. The lowest BCUT2D eigenvalue weighted by Gasteiger charge is -2.19. The molecule has 0 amide bonds. The Kier molecular flexibility index (Phi) is 7.92. The van der Waals surface area contributed by atoms with Crippen LogP contribution >= 0.6 is 0 Å². The molecule has 0 saturated heterocycles. The molecule has 2 N–H and O–H groups in total. The van der Waals surface area contributed by atoms with E-state index in [-0.39, 0.29) is 17.6 Å². The summed E-state index contributed by atoms with van der Waals surface area (Å²) in [5.41, 5.74) is 1.98. The van der Waals surface area contributed by atoms with Gasteiger partial charge in [0.05, 0.1) is 26.9 Å². The number of hydrogen-bond donors (Lipinski definition) is 2. The summed E-state index contributed by atoms with van der Waals surface area (Å²) < 4.78 is 30.0. The lowest BCUT2D eigenvalue weighted by atomic mass is 10.1. The Hall–Kier alpha value is -3.29. The van der Waals surface area contributed by atoms with Gasteiger partial charge < -0.3 is 24.8 Å². The van der Waals surface area contributed by atoms with Gasteiger partial charge in [-0.25, -0.2) is 9.18 Å². The van der Waals surface area contributed by atoms with Crippen LogP contribution < -0.4 is 20.1 Å². The molecule has 0 aromatic heterocycles. The topological polar surface area (TPSA) is 81.2 Å². The minimum atomic E-state index is -0.466. The minimum Gasteiger partial charge on any atom is -0.496 e. The molecule has 0 spiro atoms. The first-order chi connectivity index (χ1) is 15.4. The standard InChI is InChI=1S/C24H30FN3O4/c1-15(18-8-10-22(20(25)12-18)32-14-16-5-6-16)28-24(26-2)27-13-17-7-9-21(30-3)19(11-17)23(29)31-4/h7-12,15-16H,5-6,13-14H2,1-4H3,(H2,26,27,28). The maximum absolute atomic E-state index is 14.4. The van der Waals surface area contributed by atoms with Gasteiger partial charge in [0.2, 0.25) is 0 Å². The van der Waals surface area contributed by atoms with Crippen LogP contribution in [0.3, 0.4) is 0 Å². The summed E-state index contributed by atoms with van der Waals surface area (Å²) in [5.74, 6) is 1.01. The van der Waals surface area contributed by atoms with Crippen molar-refractivity contribution in [2.24, 2.45) is 10.9 Å². The lowest BCUT2D eigenvalue weighted by Crippen LogP contribution is -2.38. The highest BCUT2D eigenvalue weighted by Crippen LogP contribution is 2.30. The summed E-state index contributed by atoms with van der Waals surface area (Å²) in [5, 5.41) is 6.45. The monoisotopic (exact) mass is 443 g/mol. The van der Waals surface area contributed by atoms with Gasteiger partial charge in [-0.15, -0.1) is 0 Å². The molecule has 1 fully saturated rings. The summed E-state index contributed by atoms with van der Waals surface area (Å²) in [6.07, 6.45) is 2.32. The smallest absolute Gasteiger partial charge is 0.341 e. The molecule has 7 nitrogen and oxygen atoms in total. The van der Waals surface area contributed by atoms with Gasteiger partial charge in [0.15, 0.2) is 17.5 Å². The van der Waals surface area contributed by atoms with E-state index in [1.54, 1.807) is 25.2 Å². The van der Waals surface area contributed by atoms with E-state index in [2.05, 4.69) is 15.6 Å². The molecule has 2 aromatic carbocycles. The number of carbonyl (C=O) groups excluding carboxylic acids is 1. The molecular weight excluding hydrogens is 413 g/mol. The Morgan fingerprint density at radius 3 is 2.56 bits per heavy atom. The number of rotatable bonds is 9. The van der Waals surface area contributed by atoms with Crippen LogP contribution in [0.2, 0.25) is 0 Å². The zero-order valence-corrected chi connectivity index (χ0v) is 18.9. The van der Waals surface area contributed by atoms with E-state index < -0.39 is 5.97 Å². The van der Waals surface area contributed by atoms with Crippen molar-refractivity contribution < 1.29 is 23.4 Å². The first-order valence-corrected chi connectivity index (χ1v) is 10.6. The molecule has 172 valence electrons. The Bertz CT molecular complexity index is 976. The fourth-order valence-corrected chi connectivity index (χ4v) is 3.20. The number of hydrogen-bond acceptors (Lipinski definition) is 5. The quantitative estimate of drug-likeness (QED) is 0.348. The summed E-state index contributed by atoms with van der Waals surface area (Å²) in [4.78, 5) is 16.2. The van der Waals surface area contributed by atoms with Crippen molar-refractivity contribution in [3.8, 4) is 11.5 Å². The minimum absolute atomic E-state index is 0.185. The normalized spacial score (nSPS) is 14.5. The summed E-state index contributed by atoms with van der Waals surface area (Å²) >= 11 is 0. The molecule has 0 bridgehead atoms. The second-order valence-corrected chi connectivity index (χ2v) is 7.76. The van der Waals surface area contributed by atoms with Gasteiger partial charge in [0.25, 0.3) is 0 Å². The van der Waals surface area contributed by atoms with Crippen molar-refractivity contribution in [3.05, 3.63) is 58.9 Å². The summed E-state index contributed by atoms with van der Waals surface area (Å²) in [7, 11) is 4.49. The number of carbonyl (C=O) groups is 1. The third kappa shape index (κ3) is 6.12. The summed E-state index contributed by atoms with van der Waals surface area (Å²) in [6.45, 7) is 2.92. The second-order valence-electron chi connectivity index (χ2n) is 7.76. The Morgan fingerprint density at radius 2 is 1.94 bits per heavy atom. The molecular formula is C24H30FN3O4. The van der Waals surface area contributed by atoms with E-state index in [4.69, 9.17) is 14.2 Å². The Balaban J connectivity index is 1.59. The van der Waals surface area contributed by atoms with E-state index in [0.29, 0.717) is 36.3 Å². The van der Waals surface area contributed by atoms with E-state index in [1.807, 2.05) is 19.1 Å². The van der Waals surface area contributed by atoms with E-state index >= 15 is 0 Å². The van der Waals surface area contributed by atoms with Crippen molar-refractivity contribution >= 4 is 11.9 Å². The second kappa shape index (κ2) is 10.8. The fraction of sp³-hybridized carbons (Fsp3) is 0.417. The average Bonchev–Trinajstić information content (AvgIpc) is 3.64. The number of halogens is 1. The van der Waals surface area contributed by atoms with Crippen molar-refractivity contribution in [2.45, 2.75) is 32.4 Å². The molecule has 1 aliphatic carbocycles. The fourth-order valence-electron chi connectivity index (χ4n) is 3.20. The van der Waals surface area contributed by atoms with Gasteiger partial charge >= 0.3 is 5.97 Å². The van der Waals surface area contributed by atoms with Crippen LogP contribution in [0.5, 0.6) is 11.5 Å². The number of guanidine groups is 1. The molecule has 8 heteroatoms. The maximum Gasteiger partial charge on any atom is 0.341 e. The largest absolute Gasteiger partial charge is 0.496 e. The molecule has 1 saturated carbocycles. The molecule has 0 aliphatic heterocycles. The van der Waals surface area contributed by atoms with Gasteiger partial charge in [-0.3, -0.25) is 4.99 Å². The van der Waals surface area contributed by atoms with Crippen LogP contribution in [0.1, 0.15) is 47.3 Å². The zero-order valence-electron chi connectivity index (χ0n) is 18.9. The molecule has 0 radical (unpaired) electrons. The van der Waals surface area contributed by atoms with Crippen LogP contribution in [-0.2, 0) is 11.3 Å². The van der Waals surface area contributed by atoms with Gasteiger partial charge in [0.1, 0.15) is 11.3 Å². The van der Waals surface area contributed by atoms with Crippen molar-refractivity contribution in [3.63, 3.8) is 0 Å². The maximum atomic E-state index is 14.4. The van der Waals surface area contributed by atoms with Crippen molar-refractivity contribution in [1.82, 2.24) is 10.6 Å². The summed E-state index contributed by atoms with van der Waals surface area (Å²) in [6, 6.07) is 10.1. The average molecular weight is 444 g/mol. The highest BCUT2D eigenvalue weighted by molar-refractivity contribution is 5.92. The molecule has 1 unspecified atom stereocenters. The highest BCUT2D eigenvalue weighted by atomic mass is 19.1. The molecule has 32 heavy (non-hydrogen) atoms. The third-order valence-electron chi connectivity index (χ3n) is 5.33. The molecule has 3 rings (SSSR count). The number of ether oxygens (including phenoxy) is 3. The first kappa shape index (κ1) is 23.4. The van der Waals surface area contributed by atoms with Gasteiger partial charge in [0, 0.05) is 13.6 Å². The number of benzene rings is 2. The van der Waals surface area contributed by atoms with Gasteiger partial charge in [-0.2, -0.15) is 0 Å². The number of nitrogens with one attached hydrogen (secondary N) is 2. The van der Waals surface area contributed by atoms with Crippen LogP contribution in [-0.4, -0.2) is 39.8 Å². The number of aliphatic imine (C=N–C) groups is 1. The third-order valence-corrected chi connectivity index (χ3v) is 5.33. The predicted molar refractivity (Wildman–Crippen MR) is 121 cm³/mol.